The van der Waals surface area contributed by atoms with Crippen molar-refractivity contribution in [3.8, 4) is 0 Å². The number of nitrogens with zero attached hydrogens (tertiary/aromatic N) is 3. The van der Waals surface area contributed by atoms with Crippen LogP contribution in [0, 0.1) is 11.3 Å². The molecule has 0 unspecified atom stereocenters. The lowest BCUT2D eigenvalue weighted by molar-refractivity contribution is -0.121. The van der Waals surface area contributed by atoms with Gasteiger partial charge in [0.05, 0.1) is 5.52 Å². The highest BCUT2D eigenvalue weighted by Crippen LogP contribution is 2.43. The Kier molecular flexibility index (Phi) is 7.90. The molecule has 6 rings (SSSR count). The van der Waals surface area contributed by atoms with Crippen LogP contribution < -0.4 is 11.1 Å². The standard InChI is InChI=1S/C36H36N6O/c1-41-23-20-26(21-24-41)35(43)39-34-31-25-27(32(38)19-22-37)17-18-33(31)42(40-34)36(28-11-5-2-6-12-28,29-13-7-3-8-14-29)30-15-9-4-10-16-30/h2-19,22,25-26,37H,20-21,23-24,38H2,1H3,(H,39,40,43)/b32-19-,37-22?. The Labute approximate surface area is 252 Å². The third kappa shape index (κ3) is 5.24. The molecule has 1 fully saturated rings. The van der Waals surface area contributed by atoms with Crippen molar-refractivity contribution in [2.24, 2.45) is 11.7 Å². The molecule has 0 bridgehead atoms. The Bertz CT molecular complexity index is 1660. The molecule has 7 nitrogen and oxygen atoms in total. The van der Waals surface area contributed by atoms with Gasteiger partial charge in [0.25, 0.3) is 0 Å². The van der Waals surface area contributed by atoms with Gasteiger partial charge in [-0.1, -0.05) is 97.1 Å². The van der Waals surface area contributed by atoms with Crippen LogP contribution in [0.25, 0.3) is 16.6 Å². The summed E-state index contributed by atoms with van der Waals surface area (Å²) in [4.78, 5) is 15.9. The van der Waals surface area contributed by atoms with E-state index >= 15 is 0 Å². The maximum Gasteiger partial charge on any atom is 0.228 e. The number of allylic oxidation sites excluding steroid dienone is 1. The van der Waals surface area contributed by atoms with Gasteiger partial charge in [0, 0.05) is 23.2 Å². The Hall–Kier alpha value is -5.01. The predicted molar refractivity (Wildman–Crippen MR) is 174 cm³/mol. The summed E-state index contributed by atoms with van der Waals surface area (Å²) in [6.45, 7) is 1.78. The number of carbonyl (C=O) groups is 1. The van der Waals surface area contributed by atoms with Crippen molar-refractivity contribution in [2.75, 3.05) is 25.5 Å². The zero-order valence-corrected chi connectivity index (χ0v) is 24.3. The van der Waals surface area contributed by atoms with Gasteiger partial charge < -0.3 is 21.4 Å². The van der Waals surface area contributed by atoms with Gasteiger partial charge in [0.1, 0.15) is 5.54 Å². The van der Waals surface area contributed by atoms with Gasteiger partial charge >= 0.3 is 0 Å². The fourth-order valence-electron chi connectivity index (χ4n) is 6.23. The molecular weight excluding hydrogens is 532 g/mol. The number of hydrogen-bond acceptors (Lipinski definition) is 5. The van der Waals surface area contributed by atoms with E-state index in [2.05, 4.69) is 53.7 Å². The first kappa shape index (κ1) is 28.1. The minimum Gasteiger partial charge on any atom is -0.398 e. The van der Waals surface area contributed by atoms with Crippen LogP contribution in [0.4, 0.5) is 5.82 Å². The maximum atomic E-state index is 13.7. The molecular formula is C36H36N6O. The fourth-order valence-corrected chi connectivity index (χ4v) is 6.23. The van der Waals surface area contributed by atoms with Gasteiger partial charge in [0.2, 0.25) is 5.91 Å². The minimum atomic E-state index is -0.851. The first-order valence-corrected chi connectivity index (χ1v) is 14.7. The zero-order chi connectivity index (χ0) is 29.8. The number of rotatable bonds is 8. The monoisotopic (exact) mass is 568 g/mol. The lowest BCUT2D eigenvalue weighted by atomic mass is 9.77. The van der Waals surface area contributed by atoms with Crippen LogP contribution in [0.1, 0.15) is 35.1 Å². The summed E-state index contributed by atoms with van der Waals surface area (Å²) in [5, 5.41) is 16.8. The highest BCUT2D eigenvalue weighted by atomic mass is 16.2. The average Bonchev–Trinajstić information content (AvgIpc) is 3.41. The van der Waals surface area contributed by atoms with E-state index in [1.807, 2.05) is 77.5 Å². The van der Waals surface area contributed by atoms with Crippen molar-refractivity contribution in [3.05, 3.63) is 138 Å². The highest BCUT2D eigenvalue weighted by Gasteiger charge is 2.41. The van der Waals surface area contributed by atoms with Crippen molar-refractivity contribution < 1.29 is 4.79 Å². The molecule has 0 radical (unpaired) electrons. The van der Waals surface area contributed by atoms with Gasteiger partial charge in [-0.2, -0.15) is 5.10 Å². The summed E-state index contributed by atoms with van der Waals surface area (Å²) in [6.07, 6.45) is 4.36. The van der Waals surface area contributed by atoms with Gasteiger partial charge in [-0.15, -0.1) is 0 Å². The number of carbonyl (C=O) groups excluding carboxylic acids is 1. The van der Waals surface area contributed by atoms with Crippen LogP contribution >= 0.6 is 0 Å². The molecule has 1 aliphatic heterocycles. The second kappa shape index (κ2) is 12.1. The van der Waals surface area contributed by atoms with Gasteiger partial charge in [-0.25, -0.2) is 4.68 Å². The molecule has 1 aromatic heterocycles. The molecule has 1 saturated heterocycles. The lowest BCUT2D eigenvalue weighted by Crippen LogP contribution is -2.39. The number of nitrogens with two attached hydrogens (primary N) is 1. The number of anilines is 1. The van der Waals surface area contributed by atoms with Crippen LogP contribution in [0.5, 0.6) is 0 Å². The molecule has 1 amide bonds. The quantitative estimate of drug-likeness (QED) is 0.155. The number of hydrogen-bond donors (Lipinski definition) is 3. The van der Waals surface area contributed by atoms with Crippen molar-refractivity contribution >= 4 is 34.5 Å². The molecule has 0 aliphatic carbocycles. The zero-order valence-electron chi connectivity index (χ0n) is 24.3. The normalized spacial score (nSPS) is 15.0. The van der Waals surface area contributed by atoms with Crippen LogP contribution in [-0.2, 0) is 10.3 Å². The molecule has 2 heterocycles. The van der Waals surface area contributed by atoms with E-state index in [4.69, 9.17) is 16.2 Å². The topological polar surface area (TPSA) is 100 Å². The van der Waals surface area contributed by atoms with Crippen molar-refractivity contribution in [1.29, 1.82) is 5.41 Å². The summed E-state index contributed by atoms with van der Waals surface area (Å²) in [5.74, 6) is 0.401. The Balaban J connectivity index is 1.63. The van der Waals surface area contributed by atoms with Gasteiger partial charge in [0.15, 0.2) is 5.82 Å². The number of amides is 1. The minimum absolute atomic E-state index is 0.0159. The Morgan fingerprint density at radius 1 is 0.884 bits per heavy atom. The van der Waals surface area contributed by atoms with Crippen molar-refractivity contribution in [3.63, 3.8) is 0 Å². The smallest absolute Gasteiger partial charge is 0.228 e. The summed E-state index contributed by atoms with van der Waals surface area (Å²) < 4.78 is 2.05. The first-order chi connectivity index (χ1) is 21.0. The van der Waals surface area contributed by atoms with Crippen LogP contribution in [0.2, 0.25) is 0 Å². The van der Waals surface area contributed by atoms with E-state index in [-0.39, 0.29) is 11.8 Å². The van der Waals surface area contributed by atoms with E-state index in [0.29, 0.717) is 11.5 Å². The molecule has 4 aromatic carbocycles. The van der Waals surface area contributed by atoms with Gasteiger partial charge in [-0.05, 0) is 73.4 Å². The Morgan fingerprint density at radius 3 is 1.93 bits per heavy atom. The van der Waals surface area contributed by atoms with Crippen LogP contribution in [-0.4, -0.2) is 46.9 Å². The number of fused-ring (bicyclic) bond motifs is 1. The summed E-state index contributed by atoms with van der Waals surface area (Å²) in [7, 11) is 2.09. The number of piperidine rings is 1. The Morgan fingerprint density at radius 2 is 1.42 bits per heavy atom. The first-order valence-electron chi connectivity index (χ1n) is 14.7. The van der Waals surface area contributed by atoms with Crippen molar-refractivity contribution in [2.45, 2.75) is 18.4 Å². The van der Waals surface area contributed by atoms with E-state index in [1.165, 1.54) is 6.21 Å². The molecule has 43 heavy (non-hydrogen) atoms. The number of benzene rings is 4. The molecule has 0 spiro atoms. The summed E-state index contributed by atoms with van der Waals surface area (Å²) in [6, 6.07) is 37.0. The molecule has 7 heteroatoms. The van der Waals surface area contributed by atoms with Crippen molar-refractivity contribution in [1.82, 2.24) is 14.7 Å². The lowest BCUT2D eigenvalue weighted by Gasteiger charge is -2.37. The largest absolute Gasteiger partial charge is 0.398 e. The fraction of sp³-hybridized carbons (Fsp3) is 0.194. The van der Waals surface area contributed by atoms with Crippen LogP contribution in [0.15, 0.2) is 115 Å². The van der Waals surface area contributed by atoms with Gasteiger partial charge in [-0.3, -0.25) is 4.79 Å². The number of nitrogens with one attached hydrogen (secondary N) is 2. The summed E-state index contributed by atoms with van der Waals surface area (Å²) in [5.41, 5.74) is 10.7. The van der Waals surface area contributed by atoms with E-state index in [0.717, 1.165) is 59.1 Å². The molecule has 1 aliphatic rings. The molecule has 5 aromatic rings. The number of aromatic nitrogens is 2. The van der Waals surface area contributed by atoms with E-state index < -0.39 is 5.54 Å². The SMILES string of the molecule is CN1CCC(C(=O)Nc2nn(C(c3ccccc3)(c3ccccc3)c3ccccc3)c3ccc(/C(N)=C/C=N)cc23)CC1. The highest BCUT2D eigenvalue weighted by molar-refractivity contribution is 6.02. The number of likely N-dealkylation sites (tertiary alicyclic amines) is 1. The molecule has 0 atom stereocenters. The second-order valence-electron chi connectivity index (χ2n) is 11.2. The molecule has 216 valence electrons. The average molecular weight is 569 g/mol. The third-order valence-corrected chi connectivity index (χ3v) is 8.50. The second-order valence-corrected chi connectivity index (χ2v) is 11.2. The van der Waals surface area contributed by atoms with E-state index in [1.54, 1.807) is 6.08 Å². The maximum absolute atomic E-state index is 13.7. The van der Waals surface area contributed by atoms with E-state index in [9.17, 15) is 4.79 Å². The predicted octanol–water partition coefficient (Wildman–Crippen LogP) is 6.11. The molecule has 4 N–H and O–H groups in total. The molecule has 0 saturated carbocycles. The summed E-state index contributed by atoms with van der Waals surface area (Å²) >= 11 is 0. The third-order valence-electron chi connectivity index (χ3n) is 8.50. The van der Waals surface area contributed by atoms with Crippen LogP contribution in [0.3, 0.4) is 0 Å².